The molecule has 0 aliphatic carbocycles. The summed E-state index contributed by atoms with van der Waals surface area (Å²) in [4.78, 5) is 14.5. The van der Waals surface area contributed by atoms with E-state index >= 15 is 0 Å². The van der Waals surface area contributed by atoms with E-state index in [4.69, 9.17) is 16.6 Å². The first-order chi connectivity index (χ1) is 11.1. The minimum atomic E-state index is 0.0843. The Morgan fingerprint density at radius 3 is 2.61 bits per heavy atom. The lowest BCUT2D eigenvalue weighted by Crippen LogP contribution is -2.27. The summed E-state index contributed by atoms with van der Waals surface area (Å²) in [5, 5.41) is 0. The van der Waals surface area contributed by atoms with E-state index in [0.29, 0.717) is 24.3 Å². The highest BCUT2D eigenvalue weighted by molar-refractivity contribution is 7.71. The standard InChI is InChI=1S/C18H18N2O2S/c1-19(13-14-7-3-2-4-8-14)17(21)11-12-20-15-9-5-6-10-16(15)22-18(20)23/h2-10H,11-13H2,1H3. The van der Waals surface area contributed by atoms with Crippen molar-refractivity contribution in [2.75, 3.05) is 7.05 Å². The van der Waals surface area contributed by atoms with Crippen LogP contribution in [-0.2, 0) is 17.9 Å². The molecule has 1 aromatic heterocycles. The van der Waals surface area contributed by atoms with Gasteiger partial charge in [-0.25, -0.2) is 0 Å². The van der Waals surface area contributed by atoms with Crippen LogP contribution in [0, 0.1) is 4.84 Å². The summed E-state index contributed by atoms with van der Waals surface area (Å²) in [5.74, 6) is 0.0843. The monoisotopic (exact) mass is 326 g/mol. The highest BCUT2D eigenvalue weighted by atomic mass is 32.1. The lowest BCUT2D eigenvalue weighted by molar-refractivity contribution is -0.130. The zero-order valence-corrected chi connectivity index (χ0v) is 13.8. The minimum absolute atomic E-state index is 0.0843. The van der Waals surface area contributed by atoms with Crippen molar-refractivity contribution in [3.8, 4) is 0 Å². The molecule has 0 saturated heterocycles. The predicted octanol–water partition coefficient (Wildman–Crippen LogP) is 4.01. The molecule has 3 rings (SSSR count). The van der Waals surface area contributed by atoms with Crippen LogP contribution < -0.4 is 0 Å². The molecule has 0 N–H and O–H groups in total. The molecule has 0 fully saturated rings. The molecular weight excluding hydrogens is 308 g/mol. The van der Waals surface area contributed by atoms with Gasteiger partial charge >= 0.3 is 0 Å². The van der Waals surface area contributed by atoms with Gasteiger partial charge in [0.05, 0.1) is 5.52 Å². The maximum atomic E-state index is 12.3. The van der Waals surface area contributed by atoms with Gasteiger partial charge in [-0.3, -0.25) is 9.36 Å². The Kier molecular flexibility index (Phi) is 4.57. The van der Waals surface area contributed by atoms with Crippen molar-refractivity contribution in [1.82, 2.24) is 9.47 Å². The Morgan fingerprint density at radius 1 is 1.13 bits per heavy atom. The Labute approximate surface area is 139 Å². The van der Waals surface area contributed by atoms with Crippen molar-refractivity contribution in [3.63, 3.8) is 0 Å². The van der Waals surface area contributed by atoms with Crippen molar-refractivity contribution < 1.29 is 9.21 Å². The first-order valence-electron chi connectivity index (χ1n) is 7.51. The number of carbonyl (C=O) groups is 1. The van der Waals surface area contributed by atoms with Gasteiger partial charge < -0.3 is 9.32 Å². The molecule has 0 aliphatic heterocycles. The Bertz CT molecular complexity index is 867. The van der Waals surface area contributed by atoms with E-state index in [1.54, 1.807) is 4.90 Å². The van der Waals surface area contributed by atoms with E-state index in [1.807, 2.05) is 66.2 Å². The van der Waals surface area contributed by atoms with Crippen LogP contribution in [-0.4, -0.2) is 22.4 Å². The number of para-hydroxylation sites is 2. The second kappa shape index (κ2) is 6.79. The molecule has 0 bridgehead atoms. The largest absolute Gasteiger partial charge is 0.429 e. The Morgan fingerprint density at radius 2 is 1.83 bits per heavy atom. The number of hydrogen-bond donors (Lipinski definition) is 0. The third kappa shape index (κ3) is 3.51. The van der Waals surface area contributed by atoms with E-state index in [-0.39, 0.29) is 5.91 Å². The number of rotatable bonds is 5. The first kappa shape index (κ1) is 15.5. The summed E-state index contributed by atoms with van der Waals surface area (Å²) in [7, 11) is 1.82. The van der Waals surface area contributed by atoms with Gasteiger partial charge in [0.25, 0.3) is 4.84 Å². The summed E-state index contributed by atoms with van der Waals surface area (Å²) in [6.45, 7) is 1.13. The normalized spacial score (nSPS) is 10.8. The second-order valence-corrected chi connectivity index (χ2v) is 5.82. The molecule has 0 radical (unpaired) electrons. The summed E-state index contributed by atoms with van der Waals surface area (Å²) in [6.07, 6.45) is 0.390. The molecule has 0 unspecified atom stereocenters. The first-order valence-corrected chi connectivity index (χ1v) is 7.92. The average Bonchev–Trinajstić information content (AvgIpc) is 2.88. The molecule has 118 valence electrons. The van der Waals surface area contributed by atoms with Crippen LogP contribution in [0.15, 0.2) is 59.0 Å². The fraction of sp³-hybridized carbons (Fsp3) is 0.222. The number of fused-ring (bicyclic) bond motifs is 1. The van der Waals surface area contributed by atoms with Crippen LogP contribution in [0.25, 0.3) is 11.1 Å². The number of aromatic nitrogens is 1. The van der Waals surface area contributed by atoms with Crippen LogP contribution in [0.1, 0.15) is 12.0 Å². The van der Waals surface area contributed by atoms with Gasteiger partial charge in [0, 0.05) is 26.6 Å². The molecule has 23 heavy (non-hydrogen) atoms. The number of hydrogen-bond acceptors (Lipinski definition) is 3. The maximum absolute atomic E-state index is 12.3. The van der Waals surface area contributed by atoms with E-state index in [9.17, 15) is 4.79 Å². The van der Waals surface area contributed by atoms with Gasteiger partial charge in [-0.2, -0.15) is 0 Å². The quantitative estimate of drug-likeness (QED) is 0.665. The van der Waals surface area contributed by atoms with Crippen molar-refractivity contribution in [2.45, 2.75) is 19.5 Å². The van der Waals surface area contributed by atoms with Gasteiger partial charge in [-0.15, -0.1) is 0 Å². The van der Waals surface area contributed by atoms with Crippen LogP contribution in [0.3, 0.4) is 0 Å². The van der Waals surface area contributed by atoms with Crippen LogP contribution in [0.5, 0.6) is 0 Å². The molecule has 3 aromatic rings. The molecule has 0 saturated carbocycles. The number of oxazole rings is 1. The van der Waals surface area contributed by atoms with Crippen molar-refractivity contribution >= 4 is 29.2 Å². The highest BCUT2D eigenvalue weighted by Gasteiger charge is 2.12. The molecule has 1 amide bonds. The Hall–Kier alpha value is -2.40. The van der Waals surface area contributed by atoms with Gasteiger partial charge in [0.2, 0.25) is 5.91 Å². The van der Waals surface area contributed by atoms with Gasteiger partial charge in [-0.05, 0) is 29.9 Å². The van der Waals surface area contributed by atoms with Crippen molar-refractivity contribution in [1.29, 1.82) is 0 Å². The van der Waals surface area contributed by atoms with Gasteiger partial charge in [-0.1, -0.05) is 42.5 Å². The molecule has 0 aliphatic rings. The van der Waals surface area contributed by atoms with E-state index in [0.717, 1.165) is 16.7 Å². The SMILES string of the molecule is CN(Cc1ccccc1)C(=O)CCn1c(=S)oc2ccccc21. The number of nitrogens with zero attached hydrogens (tertiary/aromatic N) is 2. The van der Waals surface area contributed by atoms with Gasteiger partial charge in [0.1, 0.15) is 0 Å². The predicted molar refractivity (Wildman–Crippen MR) is 92.6 cm³/mol. The minimum Gasteiger partial charge on any atom is -0.429 e. The zero-order valence-electron chi connectivity index (χ0n) is 12.9. The summed E-state index contributed by atoms with van der Waals surface area (Å²) < 4.78 is 7.41. The highest BCUT2D eigenvalue weighted by Crippen LogP contribution is 2.17. The van der Waals surface area contributed by atoms with Gasteiger partial charge in [0.15, 0.2) is 5.58 Å². The van der Waals surface area contributed by atoms with E-state index in [2.05, 4.69) is 0 Å². The maximum Gasteiger partial charge on any atom is 0.269 e. The Balaban J connectivity index is 1.66. The van der Waals surface area contributed by atoms with Crippen LogP contribution >= 0.6 is 12.2 Å². The fourth-order valence-electron chi connectivity index (χ4n) is 2.57. The number of aryl methyl sites for hydroxylation is 1. The topological polar surface area (TPSA) is 38.4 Å². The summed E-state index contributed by atoms with van der Waals surface area (Å²) in [5.41, 5.74) is 2.80. The smallest absolute Gasteiger partial charge is 0.269 e. The van der Waals surface area contributed by atoms with Crippen LogP contribution in [0.2, 0.25) is 0 Å². The number of benzene rings is 2. The molecule has 2 aromatic carbocycles. The molecule has 1 heterocycles. The molecule has 5 heteroatoms. The second-order valence-electron chi connectivity index (χ2n) is 5.47. The lowest BCUT2D eigenvalue weighted by Gasteiger charge is -2.17. The molecular formula is C18H18N2O2S. The van der Waals surface area contributed by atoms with Crippen LogP contribution in [0.4, 0.5) is 0 Å². The number of amides is 1. The van der Waals surface area contributed by atoms with Crippen molar-refractivity contribution in [2.24, 2.45) is 0 Å². The fourth-order valence-corrected chi connectivity index (χ4v) is 2.85. The third-order valence-electron chi connectivity index (χ3n) is 3.81. The summed E-state index contributed by atoms with van der Waals surface area (Å²) in [6, 6.07) is 17.6. The van der Waals surface area contributed by atoms with E-state index < -0.39 is 0 Å². The lowest BCUT2D eigenvalue weighted by atomic mass is 10.2. The van der Waals surface area contributed by atoms with E-state index in [1.165, 1.54) is 0 Å². The third-order valence-corrected chi connectivity index (χ3v) is 4.12. The van der Waals surface area contributed by atoms with Crippen molar-refractivity contribution in [3.05, 3.63) is 65.0 Å². The number of carbonyl (C=O) groups excluding carboxylic acids is 1. The molecule has 4 nitrogen and oxygen atoms in total. The molecule has 0 atom stereocenters. The molecule has 0 spiro atoms. The summed E-state index contributed by atoms with van der Waals surface area (Å²) >= 11 is 5.25. The average molecular weight is 326 g/mol. The zero-order chi connectivity index (χ0) is 16.2.